The van der Waals surface area contributed by atoms with Gasteiger partial charge >= 0.3 is 6.18 Å². The number of rotatable bonds is 0. The van der Waals surface area contributed by atoms with Crippen LogP contribution in [0.2, 0.25) is 0 Å². The molecule has 1 rings (SSSR count). The third kappa shape index (κ3) is 3.32. The van der Waals surface area contributed by atoms with Crippen LogP contribution in [0.25, 0.3) is 0 Å². The van der Waals surface area contributed by atoms with Crippen LogP contribution >= 0.6 is 0 Å². The molecule has 15 heavy (non-hydrogen) atoms. The Kier molecular flexibility index (Phi) is 3.30. The lowest BCUT2D eigenvalue weighted by atomic mass is 10.3. The van der Waals surface area contributed by atoms with Gasteiger partial charge in [-0.25, -0.2) is 4.98 Å². The second kappa shape index (κ2) is 4.47. The van der Waals surface area contributed by atoms with Gasteiger partial charge in [-0.05, 0) is 18.1 Å². The van der Waals surface area contributed by atoms with E-state index in [-0.39, 0.29) is 12.1 Å². The average molecular weight is 210 g/mol. The van der Waals surface area contributed by atoms with Crippen molar-refractivity contribution < 1.29 is 13.2 Å². The zero-order valence-corrected chi connectivity index (χ0v) is 7.47. The third-order valence-corrected chi connectivity index (χ3v) is 1.42. The van der Waals surface area contributed by atoms with Crippen LogP contribution in [0.1, 0.15) is 17.8 Å². The molecule has 0 aliphatic carbocycles. The molecule has 0 radical (unpaired) electrons. The minimum absolute atomic E-state index is 0.0140. The van der Waals surface area contributed by atoms with Crippen LogP contribution in [0.5, 0.6) is 0 Å². The van der Waals surface area contributed by atoms with E-state index in [0.717, 1.165) is 6.07 Å². The summed E-state index contributed by atoms with van der Waals surface area (Å²) in [4.78, 5) is 3.31. The molecule has 0 bridgehead atoms. The molecule has 2 nitrogen and oxygen atoms in total. The normalized spacial score (nSPS) is 10.0. The van der Waals surface area contributed by atoms with E-state index in [2.05, 4.69) is 16.8 Å². The highest BCUT2D eigenvalue weighted by Crippen LogP contribution is 2.27. The fourth-order valence-corrected chi connectivity index (χ4v) is 0.836. The van der Waals surface area contributed by atoms with Crippen LogP contribution in [0.3, 0.4) is 0 Å². The van der Waals surface area contributed by atoms with Crippen LogP contribution < -0.4 is 0 Å². The van der Waals surface area contributed by atoms with Crippen LogP contribution in [0.15, 0.2) is 18.2 Å². The lowest BCUT2D eigenvalue weighted by Gasteiger charge is -2.04. The van der Waals surface area contributed by atoms with Crippen molar-refractivity contribution >= 4 is 0 Å². The van der Waals surface area contributed by atoms with Crippen molar-refractivity contribution in [1.29, 1.82) is 5.26 Å². The van der Waals surface area contributed by atoms with Gasteiger partial charge < -0.3 is 0 Å². The smallest absolute Gasteiger partial charge is 0.235 e. The van der Waals surface area contributed by atoms with Crippen LogP contribution in [-0.4, -0.2) is 4.98 Å². The lowest BCUT2D eigenvalue weighted by Crippen LogP contribution is -2.08. The van der Waals surface area contributed by atoms with E-state index in [1.54, 1.807) is 6.07 Å². The molecule has 0 saturated heterocycles. The Labute approximate surface area is 84.4 Å². The average Bonchev–Trinajstić information content (AvgIpc) is 2.17. The van der Waals surface area contributed by atoms with Crippen molar-refractivity contribution in [3.63, 3.8) is 0 Å². The summed E-state index contributed by atoms with van der Waals surface area (Å²) in [5, 5.41) is 8.18. The third-order valence-electron chi connectivity index (χ3n) is 1.42. The Bertz CT molecular complexity index is 446. The Hall–Kier alpha value is -2.01. The SMILES string of the molecule is N#CCC#Cc1cccc(C(F)(F)F)n1. The number of nitriles is 1. The first-order valence-corrected chi connectivity index (χ1v) is 3.94. The quantitative estimate of drug-likeness (QED) is 0.616. The van der Waals surface area contributed by atoms with Gasteiger partial charge in [0.2, 0.25) is 0 Å². The van der Waals surface area contributed by atoms with Gasteiger partial charge in [0.15, 0.2) is 0 Å². The Morgan fingerprint density at radius 2 is 2.07 bits per heavy atom. The Morgan fingerprint density at radius 1 is 1.33 bits per heavy atom. The largest absolute Gasteiger partial charge is 0.433 e. The molecule has 76 valence electrons. The number of nitrogens with zero attached hydrogens (tertiary/aromatic N) is 2. The van der Waals surface area contributed by atoms with E-state index >= 15 is 0 Å². The summed E-state index contributed by atoms with van der Waals surface area (Å²) < 4.78 is 36.6. The van der Waals surface area contributed by atoms with E-state index in [1.807, 2.05) is 0 Å². The number of pyridine rings is 1. The van der Waals surface area contributed by atoms with E-state index < -0.39 is 11.9 Å². The first-order valence-electron chi connectivity index (χ1n) is 3.94. The fourth-order valence-electron chi connectivity index (χ4n) is 0.836. The molecule has 0 unspecified atom stereocenters. The van der Waals surface area contributed by atoms with Crippen molar-refractivity contribution in [3.05, 3.63) is 29.6 Å². The highest BCUT2D eigenvalue weighted by atomic mass is 19.4. The maximum Gasteiger partial charge on any atom is 0.433 e. The molecule has 0 aromatic carbocycles. The van der Waals surface area contributed by atoms with Crippen molar-refractivity contribution in [3.8, 4) is 17.9 Å². The Balaban J connectivity index is 2.96. The summed E-state index contributed by atoms with van der Waals surface area (Å²) in [5.74, 6) is 4.76. The first kappa shape index (κ1) is 11.1. The monoisotopic (exact) mass is 210 g/mol. The fraction of sp³-hybridized carbons (Fsp3) is 0.200. The molecule has 0 saturated carbocycles. The Morgan fingerprint density at radius 3 is 2.67 bits per heavy atom. The minimum Gasteiger partial charge on any atom is -0.235 e. The van der Waals surface area contributed by atoms with Gasteiger partial charge in [0.05, 0.1) is 12.5 Å². The molecular weight excluding hydrogens is 205 g/mol. The van der Waals surface area contributed by atoms with Gasteiger partial charge in [-0.15, -0.1) is 0 Å². The second-order valence-corrected chi connectivity index (χ2v) is 2.54. The topological polar surface area (TPSA) is 36.7 Å². The summed E-state index contributed by atoms with van der Waals surface area (Å²) >= 11 is 0. The molecule has 0 N–H and O–H groups in total. The number of hydrogen-bond acceptors (Lipinski definition) is 2. The predicted octanol–water partition coefficient (Wildman–Crippen LogP) is 2.37. The van der Waals surface area contributed by atoms with Gasteiger partial charge in [0, 0.05) is 0 Å². The molecule has 1 heterocycles. The van der Waals surface area contributed by atoms with E-state index in [9.17, 15) is 13.2 Å². The highest BCUT2D eigenvalue weighted by Gasteiger charge is 2.32. The molecular formula is C10H5F3N2. The van der Waals surface area contributed by atoms with Gasteiger partial charge in [-0.1, -0.05) is 12.0 Å². The van der Waals surface area contributed by atoms with E-state index in [1.165, 1.54) is 12.1 Å². The maximum absolute atomic E-state index is 12.2. The molecule has 5 heteroatoms. The van der Waals surface area contributed by atoms with Gasteiger partial charge in [0.25, 0.3) is 0 Å². The summed E-state index contributed by atoms with van der Waals surface area (Å²) in [6, 6.07) is 5.22. The van der Waals surface area contributed by atoms with Gasteiger partial charge in [0.1, 0.15) is 11.4 Å². The second-order valence-electron chi connectivity index (χ2n) is 2.54. The molecule has 0 aliphatic rings. The lowest BCUT2D eigenvalue weighted by molar-refractivity contribution is -0.141. The standard InChI is InChI=1S/C10H5F3N2/c11-10(12,13)9-6-3-5-8(15-9)4-1-2-7-14/h3,5-6H,2H2. The number of halogens is 3. The zero-order chi connectivity index (χ0) is 11.3. The van der Waals surface area contributed by atoms with Gasteiger partial charge in [-0.2, -0.15) is 18.4 Å². The molecule has 0 fully saturated rings. The zero-order valence-electron chi connectivity index (χ0n) is 7.47. The molecule has 0 amide bonds. The van der Waals surface area contributed by atoms with Crippen LogP contribution in [0, 0.1) is 23.2 Å². The number of aromatic nitrogens is 1. The molecule has 0 spiro atoms. The van der Waals surface area contributed by atoms with E-state index in [4.69, 9.17) is 5.26 Å². The summed E-state index contributed by atoms with van der Waals surface area (Å²) in [5.41, 5.74) is -0.966. The summed E-state index contributed by atoms with van der Waals surface area (Å²) in [6.45, 7) is 0. The van der Waals surface area contributed by atoms with Crippen molar-refractivity contribution in [2.45, 2.75) is 12.6 Å². The molecule has 1 aromatic heterocycles. The summed E-state index contributed by atoms with van der Waals surface area (Å²) in [6.07, 6.45) is -4.50. The number of hydrogen-bond donors (Lipinski definition) is 0. The van der Waals surface area contributed by atoms with Crippen LogP contribution in [0.4, 0.5) is 13.2 Å². The summed E-state index contributed by atoms with van der Waals surface area (Å²) in [7, 11) is 0. The predicted molar refractivity (Wildman–Crippen MR) is 46.3 cm³/mol. The van der Waals surface area contributed by atoms with E-state index in [0.29, 0.717) is 0 Å². The van der Waals surface area contributed by atoms with Crippen molar-refractivity contribution in [2.24, 2.45) is 0 Å². The molecule has 0 aliphatic heterocycles. The van der Waals surface area contributed by atoms with Crippen LogP contribution in [-0.2, 0) is 6.18 Å². The van der Waals surface area contributed by atoms with Gasteiger partial charge in [-0.3, -0.25) is 0 Å². The molecule has 1 aromatic rings. The highest BCUT2D eigenvalue weighted by molar-refractivity contribution is 5.29. The molecule has 0 atom stereocenters. The maximum atomic E-state index is 12.2. The van der Waals surface area contributed by atoms with Crippen molar-refractivity contribution in [2.75, 3.05) is 0 Å². The van der Waals surface area contributed by atoms with Crippen molar-refractivity contribution in [1.82, 2.24) is 4.98 Å². The first-order chi connectivity index (χ1) is 7.04. The minimum atomic E-state index is -4.47. The number of alkyl halides is 3.